The average Bonchev–Trinajstić information content (AvgIpc) is 2.26. The van der Waals surface area contributed by atoms with E-state index in [9.17, 15) is 0 Å². The van der Waals surface area contributed by atoms with E-state index in [1.54, 1.807) is 0 Å². The van der Waals surface area contributed by atoms with Crippen LogP contribution in [0.1, 0.15) is 39.0 Å². The Morgan fingerprint density at radius 1 is 1.20 bits per heavy atom. The molecule has 0 spiro atoms. The molecule has 0 aliphatic rings. The zero-order chi connectivity index (χ0) is 11.4. The largest absolute Gasteiger partial charge is 0.394 e. The first-order valence-corrected chi connectivity index (χ1v) is 5.83. The first-order chi connectivity index (χ1) is 7.31. The monoisotopic (exact) mass is 216 g/mol. The lowest BCUT2D eigenvalue weighted by Crippen LogP contribution is -2.19. The third-order valence-electron chi connectivity index (χ3n) is 2.05. The fourth-order valence-electron chi connectivity index (χ4n) is 1.14. The molecule has 15 heavy (non-hydrogen) atoms. The molecule has 0 aromatic rings. The summed E-state index contributed by atoms with van der Waals surface area (Å²) in [5, 5.41) is 17.5. The lowest BCUT2D eigenvalue weighted by molar-refractivity contribution is 0.00541. The second-order valence-corrected chi connectivity index (χ2v) is 3.67. The van der Waals surface area contributed by atoms with Crippen LogP contribution in [0.25, 0.3) is 0 Å². The maximum absolute atomic E-state index is 8.97. The number of hydrogen-bond donors (Lipinski definition) is 2. The normalized spacial score (nSPS) is 13.5. The molecule has 0 amide bonds. The molecule has 2 N–H and O–H groups in total. The molecule has 0 saturated carbocycles. The fraction of sp³-hybridized carbons (Fsp3) is 0.833. The van der Waals surface area contributed by atoms with Crippen molar-refractivity contribution in [3.63, 3.8) is 0 Å². The molecule has 0 aromatic carbocycles. The summed E-state index contributed by atoms with van der Waals surface area (Å²) >= 11 is 0. The Morgan fingerprint density at radius 3 is 2.60 bits per heavy atom. The van der Waals surface area contributed by atoms with Gasteiger partial charge in [0.15, 0.2) is 0 Å². The van der Waals surface area contributed by atoms with Gasteiger partial charge in [0.2, 0.25) is 0 Å². The van der Waals surface area contributed by atoms with E-state index in [-0.39, 0.29) is 13.2 Å². The highest BCUT2D eigenvalue weighted by molar-refractivity contribution is 4.80. The fourth-order valence-corrected chi connectivity index (χ4v) is 1.14. The summed E-state index contributed by atoms with van der Waals surface area (Å²) in [6.45, 7) is 2.85. The molecule has 0 aliphatic carbocycles. The van der Waals surface area contributed by atoms with Crippen LogP contribution in [0.5, 0.6) is 0 Å². The first-order valence-electron chi connectivity index (χ1n) is 5.83. The number of aliphatic hydroxyl groups is 2. The summed E-state index contributed by atoms with van der Waals surface area (Å²) in [5.41, 5.74) is 0. The third-order valence-corrected chi connectivity index (χ3v) is 2.05. The van der Waals surface area contributed by atoms with Gasteiger partial charge in [0.25, 0.3) is 0 Å². The van der Waals surface area contributed by atoms with Crippen molar-refractivity contribution in [2.24, 2.45) is 0 Å². The van der Waals surface area contributed by atoms with E-state index in [0.717, 1.165) is 19.3 Å². The molecule has 0 heterocycles. The lowest BCUT2D eigenvalue weighted by Gasteiger charge is -2.07. The van der Waals surface area contributed by atoms with Crippen molar-refractivity contribution in [2.45, 2.75) is 45.1 Å². The second-order valence-electron chi connectivity index (χ2n) is 3.67. The molecule has 0 aliphatic heterocycles. The van der Waals surface area contributed by atoms with Crippen LogP contribution in [0.2, 0.25) is 0 Å². The van der Waals surface area contributed by atoms with Gasteiger partial charge in [0.1, 0.15) is 6.10 Å². The van der Waals surface area contributed by atoms with Crippen LogP contribution >= 0.6 is 0 Å². The van der Waals surface area contributed by atoms with Crippen LogP contribution in [-0.2, 0) is 4.74 Å². The summed E-state index contributed by atoms with van der Waals surface area (Å²) in [6, 6.07) is 0. The summed E-state index contributed by atoms with van der Waals surface area (Å²) < 4.78 is 5.18. The van der Waals surface area contributed by atoms with E-state index in [0.29, 0.717) is 6.61 Å². The van der Waals surface area contributed by atoms with Crippen molar-refractivity contribution >= 4 is 0 Å². The maximum Gasteiger partial charge on any atom is 0.100 e. The molecule has 3 nitrogen and oxygen atoms in total. The number of hydrogen-bond acceptors (Lipinski definition) is 3. The molecule has 1 unspecified atom stereocenters. The van der Waals surface area contributed by atoms with Crippen LogP contribution in [0, 0.1) is 0 Å². The minimum absolute atomic E-state index is 0.222. The predicted octanol–water partition coefficient (Wildman–Crippen LogP) is 1.88. The zero-order valence-electron chi connectivity index (χ0n) is 9.69. The highest BCUT2D eigenvalue weighted by Gasteiger charge is 2.00. The van der Waals surface area contributed by atoms with Crippen molar-refractivity contribution in [1.29, 1.82) is 0 Å². The summed E-state index contributed by atoms with van der Waals surface area (Å²) in [5.74, 6) is 0. The van der Waals surface area contributed by atoms with Gasteiger partial charge in [-0.3, -0.25) is 0 Å². The number of unbranched alkanes of at least 4 members (excludes halogenated alkanes) is 3. The molecule has 3 heteroatoms. The SMILES string of the molecule is CCC/C=C/CCCCOCC(O)CO. The van der Waals surface area contributed by atoms with Crippen LogP contribution < -0.4 is 0 Å². The van der Waals surface area contributed by atoms with E-state index in [2.05, 4.69) is 19.1 Å². The van der Waals surface area contributed by atoms with Crippen molar-refractivity contribution < 1.29 is 14.9 Å². The van der Waals surface area contributed by atoms with Gasteiger partial charge in [-0.15, -0.1) is 0 Å². The Bertz CT molecular complexity index is 146. The highest BCUT2D eigenvalue weighted by Crippen LogP contribution is 1.99. The van der Waals surface area contributed by atoms with Crippen LogP contribution in [-0.4, -0.2) is 36.1 Å². The van der Waals surface area contributed by atoms with Gasteiger partial charge in [-0.1, -0.05) is 25.5 Å². The zero-order valence-corrected chi connectivity index (χ0v) is 9.69. The topological polar surface area (TPSA) is 49.7 Å². The molecule has 0 fully saturated rings. The average molecular weight is 216 g/mol. The number of ether oxygens (including phenoxy) is 1. The van der Waals surface area contributed by atoms with Gasteiger partial charge >= 0.3 is 0 Å². The van der Waals surface area contributed by atoms with Crippen molar-refractivity contribution in [2.75, 3.05) is 19.8 Å². The number of allylic oxidation sites excluding steroid dienone is 2. The molecule has 0 aromatic heterocycles. The van der Waals surface area contributed by atoms with E-state index in [4.69, 9.17) is 14.9 Å². The van der Waals surface area contributed by atoms with E-state index >= 15 is 0 Å². The van der Waals surface area contributed by atoms with Crippen LogP contribution in [0.4, 0.5) is 0 Å². The van der Waals surface area contributed by atoms with Gasteiger partial charge in [-0.25, -0.2) is 0 Å². The summed E-state index contributed by atoms with van der Waals surface area (Å²) in [6.07, 6.45) is 9.31. The first kappa shape index (κ1) is 14.6. The molecule has 0 saturated heterocycles. The minimum atomic E-state index is -0.727. The van der Waals surface area contributed by atoms with Gasteiger partial charge in [-0.2, -0.15) is 0 Å². The number of aliphatic hydroxyl groups excluding tert-OH is 2. The van der Waals surface area contributed by atoms with E-state index < -0.39 is 6.10 Å². The Labute approximate surface area is 92.8 Å². The quantitative estimate of drug-likeness (QED) is 0.433. The third kappa shape index (κ3) is 11.5. The molecule has 90 valence electrons. The molecule has 1 atom stereocenters. The van der Waals surface area contributed by atoms with Crippen LogP contribution in [0.15, 0.2) is 12.2 Å². The molecular weight excluding hydrogens is 192 g/mol. The van der Waals surface area contributed by atoms with Gasteiger partial charge < -0.3 is 14.9 Å². The Morgan fingerprint density at radius 2 is 1.93 bits per heavy atom. The molecule has 0 bridgehead atoms. The molecular formula is C12H24O3. The van der Waals surface area contributed by atoms with Crippen LogP contribution in [0.3, 0.4) is 0 Å². The minimum Gasteiger partial charge on any atom is -0.394 e. The summed E-state index contributed by atoms with van der Waals surface area (Å²) in [4.78, 5) is 0. The summed E-state index contributed by atoms with van der Waals surface area (Å²) in [7, 11) is 0. The molecule has 0 rings (SSSR count). The van der Waals surface area contributed by atoms with Crippen molar-refractivity contribution in [3.05, 3.63) is 12.2 Å². The second kappa shape index (κ2) is 11.7. The lowest BCUT2D eigenvalue weighted by atomic mass is 10.2. The Hall–Kier alpha value is -0.380. The Balaban J connectivity index is 3.05. The standard InChI is InChI=1S/C12H24O3/c1-2-3-4-5-6-7-8-9-15-11-12(14)10-13/h4-5,12-14H,2-3,6-11H2,1H3/b5-4+. The smallest absolute Gasteiger partial charge is 0.100 e. The van der Waals surface area contributed by atoms with Gasteiger partial charge in [0, 0.05) is 6.61 Å². The highest BCUT2D eigenvalue weighted by atomic mass is 16.5. The van der Waals surface area contributed by atoms with Gasteiger partial charge in [0.05, 0.1) is 13.2 Å². The maximum atomic E-state index is 8.97. The van der Waals surface area contributed by atoms with Crippen molar-refractivity contribution in [1.82, 2.24) is 0 Å². The van der Waals surface area contributed by atoms with Crippen molar-refractivity contribution in [3.8, 4) is 0 Å². The predicted molar refractivity (Wildman–Crippen MR) is 61.8 cm³/mol. The van der Waals surface area contributed by atoms with E-state index in [1.807, 2.05) is 0 Å². The molecule has 0 radical (unpaired) electrons. The Kier molecular flexibility index (Phi) is 11.4. The van der Waals surface area contributed by atoms with E-state index in [1.165, 1.54) is 12.8 Å². The van der Waals surface area contributed by atoms with Gasteiger partial charge in [-0.05, 0) is 25.7 Å². The number of rotatable bonds is 10.